The van der Waals surface area contributed by atoms with Gasteiger partial charge in [0.1, 0.15) is 0 Å². The molecule has 3 aromatic rings. The summed E-state index contributed by atoms with van der Waals surface area (Å²) in [7, 11) is -3.13. The number of fused-ring (bicyclic) bond motifs is 3. The Morgan fingerprint density at radius 2 is 2.00 bits per heavy atom. The van der Waals surface area contributed by atoms with E-state index in [1.165, 1.54) is 32.1 Å². The van der Waals surface area contributed by atoms with E-state index in [1.54, 1.807) is 12.4 Å². The van der Waals surface area contributed by atoms with E-state index in [-0.39, 0.29) is 8.10 Å². The van der Waals surface area contributed by atoms with E-state index >= 15 is 0 Å². The Hall–Kier alpha value is -1.93. The predicted octanol–water partition coefficient (Wildman–Crippen LogP) is 3.73. The second-order valence-corrected chi connectivity index (χ2v) is 8.82. The summed E-state index contributed by atoms with van der Waals surface area (Å²) in [5, 5.41) is 4.51. The summed E-state index contributed by atoms with van der Waals surface area (Å²) in [6.07, 6.45) is 16.3. The molecule has 0 radical (unpaired) electrons. The van der Waals surface area contributed by atoms with Crippen LogP contribution < -0.4 is 5.14 Å². The van der Waals surface area contributed by atoms with Gasteiger partial charge in [0.05, 0.1) is 17.0 Å². The fourth-order valence-corrected chi connectivity index (χ4v) is 4.00. The highest BCUT2D eigenvalue weighted by Gasteiger charge is 2.32. The molecule has 2 fully saturated rings. The molecular formula is C18H31N5O2S. The zero-order valence-electron chi connectivity index (χ0n) is 15.1. The number of hydrogen-bond donors (Lipinski definition) is 2. The van der Waals surface area contributed by atoms with E-state index in [1.807, 2.05) is 22.9 Å². The third kappa shape index (κ3) is 4.82. The number of nitrogens with zero attached hydrogens (tertiary/aromatic N) is 3. The first-order chi connectivity index (χ1) is 12.5. The largest absolute Gasteiger partial charge is 0.345 e. The predicted molar refractivity (Wildman–Crippen MR) is 107 cm³/mol. The molecule has 2 saturated carbocycles. The first-order valence-corrected chi connectivity index (χ1v) is 10.9. The van der Waals surface area contributed by atoms with Crippen LogP contribution in [0.25, 0.3) is 16.8 Å². The van der Waals surface area contributed by atoms with Crippen LogP contribution in [0.2, 0.25) is 0 Å². The number of primary sulfonamides is 1. The van der Waals surface area contributed by atoms with Crippen molar-refractivity contribution in [3.8, 4) is 0 Å². The van der Waals surface area contributed by atoms with Crippen LogP contribution in [0, 0.1) is 5.92 Å². The minimum absolute atomic E-state index is 0. The van der Waals surface area contributed by atoms with Crippen LogP contribution in [0.5, 0.6) is 0 Å². The molecule has 3 heterocycles. The standard InChI is InChI=1S/C8H6N4.C7H14.C3H7NO2S.2H2/c1-2-10-8-6(1)12-4-3-9-7(12)5-11-8;1-2-7-5-3-4-6-7;4-7(5,6)3-1-2-3;;/h1-5,10H;7H,2-6H2,1H3;3H,1-2H2,(H2,4,5,6);2*1H. The Morgan fingerprint density at radius 1 is 1.27 bits per heavy atom. The lowest BCUT2D eigenvalue weighted by Crippen LogP contribution is -2.16. The maximum Gasteiger partial charge on any atom is 0.211 e. The van der Waals surface area contributed by atoms with Crippen molar-refractivity contribution in [3.05, 3.63) is 30.9 Å². The number of imidazole rings is 1. The molecule has 0 spiro atoms. The summed E-state index contributed by atoms with van der Waals surface area (Å²) < 4.78 is 22.3. The van der Waals surface area contributed by atoms with Crippen molar-refractivity contribution in [2.75, 3.05) is 0 Å². The molecule has 5 rings (SSSR count). The van der Waals surface area contributed by atoms with Crippen molar-refractivity contribution < 1.29 is 11.3 Å². The summed E-state index contributed by atoms with van der Waals surface area (Å²) in [6.45, 7) is 2.30. The van der Waals surface area contributed by atoms with Gasteiger partial charge >= 0.3 is 0 Å². The van der Waals surface area contributed by atoms with Gasteiger partial charge in [-0.25, -0.2) is 23.5 Å². The monoisotopic (exact) mass is 381 g/mol. The Bertz CT molecular complexity index is 898. The molecule has 8 heteroatoms. The lowest BCUT2D eigenvalue weighted by Gasteiger charge is -1.99. The summed E-state index contributed by atoms with van der Waals surface area (Å²) >= 11 is 0. The quantitative estimate of drug-likeness (QED) is 0.705. The van der Waals surface area contributed by atoms with Gasteiger partial charge in [0.25, 0.3) is 0 Å². The molecule has 0 bridgehead atoms. The van der Waals surface area contributed by atoms with Gasteiger partial charge in [0.2, 0.25) is 10.0 Å². The van der Waals surface area contributed by atoms with Crippen molar-refractivity contribution in [1.82, 2.24) is 19.4 Å². The number of nitrogens with one attached hydrogen (secondary N) is 1. The van der Waals surface area contributed by atoms with Crippen molar-refractivity contribution in [2.24, 2.45) is 11.1 Å². The Morgan fingerprint density at radius 3 is 2.54 bits per heavy atom. The Balaban J connectivity index is 0.000000216. The maximum atomic E-state index is 10.2. The van der Waals surface area contributed by atoms with E-state index in [4.69, 9.17) is 5.14 Å². The minimum atomic E-state index is -3.13. The summed E-state index contributed by atoms with van der Waals surface area (Å²) in [5.41, 5.74) is 2.83. The van der Waals surface area contributed by atoms with Gasteiger partial charge in [-0.3, -0.25) is 4.40 Å². The third-order valence-electron chi connectivity index (χ3n) is 4.98. The van der Waals surface area contributed by atoms with Gasteiger partial charge in [-0.1, -0.05) is 39.0 Å². The molecule has 7 nitrogen and oxygen atoms in total. The van der Waals surface area contributed by atoms with Crippen LogP contribution in [-0.4, -0.2) is 33.0 Å². The number of H-pyrrole nitrogens is 1. The molecule has 0 amide bonds. The molecule has 26 heavy (non-hydrogen) atoms. The molecule has 146 valence electrons. The number of sulfonamides is 1. The molecule has 0 aliphatic heterocycles. The molecule has 0 atom stereocenters. The molecule has 2 aliphatic rings. The maximum absolute atomic E-state index is 10.2. The topological polar surface area (TPSA) is 106 Å². The van der Waals surface area contributed by atoms with Crippen LogP contribution in [0.1, 0.15) is 54.7 Å². The normalized spacial score (nSPS) is 17.6. The summed E-state index contributed by atoms with van der Waals surface area (Å²) in [4.78, 5) is 11.4. The molecule has 3 N–H and O–H groups in total. The smallest absolute Gasteiger partial charge is 0.211 e. The Kier molecular flexibility index (Phi) is 5.93. The van der Waals surface area contributed by atoms with Crippen molar-refractivity contribution in [3.63, 3.8) is 0 Å². The second-order valence-electron chi connectivity index (χ2n) is 6.97. The summed E-state index contributed by atoms with van der Waals surface area (Å²) in [5.74, 6) is 1.10. The minimum Gasteiger partial charge on any atom is -0.345 e. The lowest BCUT2D eigenvalue weighted by molar-refractivity contribution is 0.531. The van der Waals surface area contributed by atoms with Crippen molar-refractivity contribution >= 4 is 26.8 Å². The fraction of sp³-hybridized carbons (Fsp3) is 0.556. The van der Waals surface area contributed by atoms with E-state index in [9.17, 15) is 8.42 Å². The SMILES string of the molecule is CCC1CCCC1.NS(=O)(=O)C1CC1.[HH].[HH].c1cn2c(cnc3[nH]ccc32)n1. The van der Waals surface area contributed by atoms with Gasteiger partial charge in [0.15, 0.2) is 11.3 Å². The van der Waals surface area contributed by atoms with Gasteiger partial charge < -0.3 is 4.98 Å². The number of aromatic amines is 1. The molecule has 0 saturated heterocycles. The van der Waals surface area contributed by atoms with Crippen LogP contribution in [0.4, 0.5) is 0 Å². The average Bonchev–Trinajstić information content (AvgIpc) is 3.06. The third-order valence-corrected chi connectivity index (χ3v) is 6.38. The molecule has 2 aliphatic carbocycles. The number of hydrogen-bond acceptors (Lipinski definition) is 4. The highest BCUT2D eigenvalue weighted by molar-refractivity contribution is 7.90. The molecule has 0 unspecified atom stereocenters. The van der Waals surface area contributed by atoms with Crippen molar-refractivity contribution in [1.29, 1.82) is 0 Å². The highest BCUT2D eigenvalue weighted by Crippen LogP contribution is 2.26. The van der Waals surface area contributed by atoms with Crippen LogP contribution >= 0.6 is 0 Å². The first-order valence-electron chi connectivity index (χ1n) is 9.25. The number of nitrogens with two attached hydrogens (primary N) is 1. The molecule has 0 aromatic carbocycles. The number of rotatable bonds is 2. The van der Waals surface area contributed by atoms with E-state index in [2.05, 4.69) is 21.9 Å². The highest BCUT2D eigenvalue weighted by atomic mass is 32.2. The zero-order valence-corrected chi connectivity index (χ0v) is 16.0. The van der Waals surface area contributed by atoms with Crippen LogP contribution in [0.15, 0.2) is 30.9 Å². The van der Waals surface area contributed by atoms with E-state index in [0.29, 0.717) is 0 Å². The number of aromatic nitrogens is 4. The second kappa shape index (κ2) is 8.18. The lowest BCUT2D eigenvalue weighted by atomic mass is 10.1. The van der Waals surface area contributed by atoms with E-state index < -0.39 is 10.0 Å². The fourth-order valence-electron chi connectivity index (χ4n) is 3.20. The van der Waals surface area contributed by atoms with Crippen LogP contribution in [0.3, 0.4) is 0 Å². The molecular weight excluding hydrogens is 350 g/mol. The van der Waals surface area contributed by atoms with Gasteiger partial charge in [0, 0.05) is 21.4 Å². The first kappa shape index (κ1) is 18.8. The van der Waals surface area contributed by atoms with E-state index in [0.717, 1.165) is 35.6 Å². The van der Waals surface area contributed by atoms with Gasteiger partial charge in [-0.15, -0.1) is 0 Å². The zero-order chi connectivity index (χ0) is 18.6. The summed E-state index contributed by atoms with van der Waals surface area (Å²) in [6, 6.07) is 1.98. The Labute approximate surface area is 157 Å². The molecule has 3 aromatic heterocycles. The average molecular weight is 382 g/mol. The van der Waals surface area contributed by atoms with Crippen LogP contribution in [-0.2, 0) is 10.0 Å². The van der Waals surface area contributed by atoms with Crippen molar-refractivity contribution in [2.45, 2.75) is 57.1 Å². The van der Waals surface area contributed by atoms with Gasteiger partial charge in [-0.2, -0.15) is 0 Å². The van der Waals surface area contributed by atoms with Gasteiger partial charge in [-0.05, 0) is 24.8 Å².